The van der Waals surface area contributed by atoms with Gasteiger partial charge in [-0.3, -0.25) is 9.59 Å². The molecule has 3 aliphatic rings. The van der Waals surface area contributed by atoms with Gasteiger partial charge in [-0.1, -0.05) is 36.2 Å². The molecule has 3 amide bonds. The number of carbonyl (C=O) groups is 3. The van der Waals surface area contributed by atoms with E-state index in [9.17, 15) is 27.6 Å². The number of carbonyl (C=O) groups excluding carboxylic acids is 3. The van der Waals surface area contributed by atoms with Gasteiger partial charge in [0.1, 0.15) is 6.61 Å². The number of halogens is 5. The van der Waals surface area contributed by atoms with Crippen LogP contribution in [0.3, 0.4) is 0 Å². The fourth-order valence-corrected chi connectivity index (χ4v) is 5.60. The van der Waals surface area contributed by atoms with E-state index in [2.05, 4.69) is 0 Å². The highest BCUT2D eigenvalue weighted by Crippen LogP contribution is 2.47. The molecule has 4 rings (SSSR count). The highest BCUT2D eigenvalue weighted by atomic mass is 35.5. The van der Waals surface area contributed by atoms with Crippen LogP contribution in [0.1, 0.15) is 50.5 Å². The predicted molar refractivity (Wildman–Crippen MR) is 136 cm³/mol. The average molecular weight is 578 g/mol. The number of nitrogens with zero attached hydrogens (tertiary/aromatic N) is 3. The Hall–Kier alpha value is -2.20. The van der Waals surface area contributed by atoms with E-state index in [-0.39, 0.29) is 35.6 Å². The summed E-state index contributed by atoms with van der Waals surface area (Å²) in [6, 6.07) is 4.55. The fourth-order valence-electron chi connectivity index (χ4n) is 5.29. The highest BCUT2D eigenvalue weighted by Gasteiger charge is 2.48. The molecule has 0 aromatic heterocycles. The van der Waals surface area contributed by atoms with E-state index in [1.54, 1.807) is 23.1 Å². The molecule has 2 saturated heterocycles. The number of alkyl halides is 3. The van der Waals surface area contributed by atoms with Crippen LogP contribution in [0, 0.1) is 11.3 Å². The molecule has 0 spiro atoms. The van der Waals surface area contributed by atoms with Crippen LogP contribution < -0.4 is 0 Å². The van der Waals surface area contributed by atoms with Gasteiger partial charge in [0.2, 0.25) is 11.8 Å². The smallest absolute Gasteiger partial charge is 0.409 e. The molecule has 210 valence electrons. The Morgan fingerprint density at radius 2 is 1.74 bits per heavy atom. The molecule has 2 heterocycles. The van der Waals surface area contributed by atoms with Crippen LogP contribution in [0.2, 0.25) is 10.0 Å². The van der Waals surface area contributed by atoms with Crippen molar-refractivity contribution < 1.29 is 32.3 Å². The van der Waals surface area contributed by atoms with Crippen molar-refractivity contribution in [2.24, 2.45) is 11.3 Å². The number of ether oxygens (including phenoxy) is 1. The summed E-state index contributed by atoms with van der Waals surface area (Å²) in [6.07, 6.45) is -3.63. The minimum absolute atomic E-state index is 0.0545. The lowest BCUT2D eigenvalue weighted by Crippen LogP contribution is -2.46. The van der Waals surface area contributed by atoms with Crippen molar-refractivity contribution >= 4 is 41.1 Å². The van der Waals surface area contributed by atoms with Gasteiger partial charge in [0.05, 0.1) is 22.5 Å². The molecule has 0 radical (unpaired) electrons. The molecular formula is C26H32Cl2F3N3O4. The Bertz CT molecular complexity index is 1070. The Morgan fingerprint density at radius 3 is 2.32 bits per heavy atom. The summed E-state index contributed by atoms with van der Waals surface area (Å²) < 4.78 is 42.4. The van der Waals surface area contributed by atoms with Crippen molar-refractivity contribution in [1.82, 2.24) is 14.7 Å². The normalized spacial score (nSPS) is 23.3. The van der Waals surface area contributed by atoms with Gasteiger partial charge in [-0.25, -0.2) is 4.79 Å². The third-order valence-electron chi connectivity index (χ3n) is 8.02. The summed E-state index contributed by atoms with van der Waals surface area (Å²) >= 11 is 12.3. The zero-order valence-corrected chi connectivity index (χ0v) is 22.9. The maximum atomic E-state index is 13.5. The molecule has 7 nitrogen and oxygen atoms in total. The summed E-state index contributed by atoms with van der Waals surface area (Å²) in [5, 5.41) is 0.684. The molecule has 2 aliphatic heterocycles. The van der Waals surface area contributed by atoms with Crippen LogP contribution in [0.5, 0.6) is 0 Å². The maximum Gasteiger partial charge on any atom is 0.409 e. The minimum atomic E-state index is -4.44. The van der Waals surface area contributed by atoms with Gasteiger partial charge < -0.3 is 19.4 Å². The minimum Gasteiger partial charge on any atom is -0.449 e. The summed E-state index contributed by atoms with van der Waals surface area (Å²) in [6.45, 7) is 2.76. The van der Waals surface area contributed by atoms with E-state index >= 15 is 0 Å². The summed E-state index contributed by atoms with van der Waals surface area (Å²) in [4.78, 5) is 43.6. The van der Waals surface area contributed by atoms with Gasteiger partial charge in [-0.2, -0.15) is 13.2 Å². The summed E-state index contributed by atoms with van der Waals surface area (Å²) in [5.41, 5.74) is 0.513. The lowest BCUT2D eigenvalue weighted by atomic mass is 9.93. The van der Waals surface area contributed by atoms with Crippen LogP contribution in [0.4, 0.5) is 18.0 Å². The standard InChI is InChI=1S/C26H32Cl2F3N3O4/c1-25(7-8-25)23(36)33-10-5-16(6-11-33)22(35)34-14-18(17-3-4-19(27)20(28)13-17)21(15-34)32(2)24(37)38-12-9-26(29,30)31/h3-4,13,16,18,21H,5-12,14-15H2,1-2H3. The van der Waals surface area contributed by atoms with Crippen molar-refractivity contribution in [2.45, 2.75) is 57.2 Å². The summed E-state index contributed by atoms with van der Waals surface area (Å²) in [7, 11) is 1.46. The topological polar surface area (TPSA) is 70.2 Å². The van der Waals surface area contributed by atoms with Crippen LogP contribution >= 0.6 is 23.2 Å². The Labute approximate surface area is 230 Å². The van der Waals surface area contributed by atoms with E-state index in [0.717, 1.165) is 18.4 Å². The number of amides is 3. The van der Waals surface area contributed by atoms with Gasteiger partial charge in [0, 0.05) is 50.5 Å². The number of hydrogen-bond donors (Lipinski definition) is 0. The lowest BCUT2D eigenvalue weighted by molar-refractivity contribution is -0.142. The number of likely N-dealkylation sites (tertiary alicyclic amines) is 2. The Balaban J connectivity index is 1.44. The van der Waals surface area contributed by atoms with Crippen molar-refractivity contribution in [3.05, 3.63) is 33.8 Å². The highest BCUT2D eigenvalue weighted by molar-refractivity contribution is 6.42. The first-order valence-corrected chi connectivity index (χ1v) is 13.5. The molecule has 1 aromatic carbocycles. The lowest BCUT2D eigenvalue weighted by Gasteiger charge is -2.34. The monoisotopic (exact) mass is 577 g/mol. The van der Waals surface area contributed by atoms with Crippen LogP contribution in [0.25, 0.3) is 0 Å². The molecule has 2 atom stereocenters. The summed E-state index contributed by atoms with van der Waals surface area (Å²) in [5.74, 6) is -0.482. The molecule has 1 saturated carbocycles. The molecule has 3 fully saturated rings. The number of hydrogen-bond acceptors (Lipinski definition) is 4. The van der Waals surface area contributed by atoms with Crippen molar-refractivity contribution in [2.75, 3.05) is 39.8 Å². The zero-order chi connectivity index (χ0) is 27.8. The number of likely N-dealkylation sites (N-methyl/N-ethyl adjacent to an activating group) is 1. The molecular weight excluding hydrogens is 546 g/mol. The number of benzene rings is 1. The van der Waals surface area contributed by atoms with E-state index < -0.39 is 31.3 Å². The quantitative estimate of drug-likeness (QED) is 0.457. The van der Waals surface area contributed by atoms with Gasteiger partial charge in [-0.05, 0) is 43.4 Å². The van der Waals surface area contributed by atoms with Crippen LogP contribution in [0.15, 0.2) is 18.2 Å². The van der Waals surface area contributed by atoms with Gasteiger partial charge in [0.15, 0.2) is 0 Å². The second-order valence-corrected chi connectivity index (χ2v) is 11.6. The molecule has 12 heteroatoms. The van der Waals surface area contributed by atoms with Crippen LogP contribution in [-0.2, 0) is 14.3 Å². The third-order valence-corrected chi connectivity index (χ3v) is 8.76. The maximum absolute atomic E-state index is 13.5. The molecule has 0 bridgehead atoms. The third kappa shape index (κ3) is 6.50. The van der Waals surface area contributed by atoms with Crippen molar-refractivity contribution in [1.29, 1.82) is 0 Å². The van der Waals surface area contributed by atoms with Gasteiger partial charge >= 0.3 is 12.3 Å². The Kier molecular flexibility index (Phi) is 8.43. The molecule has 2 unspecified atom stereocenters. The predicted octanol–water partition coefficient (Wildman–Crippen LogP) is 5.35. The van der Waals surface area contributed by atoms with E-state index in [0.29, 0.717) is 42.5 Å². The van der Waals surface area contributed by atoms with Gasteiger partial charge in [-0.15, -0.1) is 0 Å². The second-order valence-electron chi connectivity index (χ2n) is 10.8. The fraction of sp³-hybridized carbons (Fsp3) is 0.654. The van der Waals surface area contributed by atoms with Gasteiger partial charge in [0.25, 0.3) is 0 Å². The first kappa shape index (κ1) is 28.8. The van der Waals surface area contributed by atoms with E-state index in [1.807, 2.05) is 11.8 Å². The average Bonchev–Trinajstić information content (AvgIpc) is 3.47. The first-order valence-electron chi connectivity index (χ1n) is 12.8. The van der Waals surface area contributed by atoms with Crippen LogP contribution in [-0.4, -0.2) is 84.7 Å². The first-order chi connectivity index (χ1) is 17.8. The second kappa shape index (κ2) is 11.1. The molecule has 0 N–H and O–H groups in total. The zero-order valence-electron chi connectivity index (χ0n) is 21.4. The molecule has 1 aromatic rings. The largest absolute Gasteiger partial charge is 0.449 e. The van der Waals surface area contributed by atoms with Crippen molar-refractivity contribution in [3.63, 3.8) is 0 Å². The molecule has 1 aliphatic carbocycles. The SMILES string of the molecule is CN(C(=O)OCCC(F)(F)F)C1CN(C(=O)C2CCN(C(=O)C3(C)CC3)CC2)CC1c1ccc(Cl)c(Cl)c1. The van der Waals surface area contributed by atoms with E-state index in [1.165, 1.54) is 11.9 Å². The van der Waals surface area contributed by atoms with Crippen molar-refractivity contribution in [3.8, 4) is 0 Å². The Morgan fingerprint density at radius 1 is 1.08 bits per heavy atom. The number of piperidine rings is 1. The molecule has 38 heavy (non-hydrogen) atoms. The number of rotatable bonds is 6. The van der Waals surface area contributed by atoms with E-state index in [4.69, 9.17) is 27.9 Å².